The van der Waals surface area contributed by atoms with Gasteiger partial charge in [-0.1, -0.05) is 3.94 Å². The minimum absolute atomic E-state index is 1.77. The van der Waals surface area contributed by atoms with Gasteiger partial charge in [-0.05, 0) is 0 Å². The molecular weight excluding hydrogens is 304 g/mol. The first-order chi connectivity index (χ1) is 6.69. The molecule has 0 aliphatic heterocycles. The molecule has 12 heteroatoms. The zero-order chi connectivity index (χ0) is 13.6. The van der Waals surface area contributed by atoms with E-state index in [9.17, 15) is 39.5 Å². The van der Waals surface area contributed by atoms with Gasteiger partial charge in [-0.3, -0.25) is 0 Å². The summed E-state index contributed by atoms with van der Waals surface area (Å²) in [5.41, 5.74) is 0. The number of rotatable bonds is 3. The molecule has 0 radical (unpaired) electrons. The van der Waals surface area contributed by atoms with Crippen molar-refractivity contribution in [3.8, 4) is 0 Å². The fraction of sp³-hybridized carbons (Fsp3) is 1.00. The molecule has 0 spiro atoms. The van der Waals surface area contributed by atoms with Gasteiger partial charge in [0.25, 0.3) is 0 Å². The van der Waals surface area contributed by atoms with Gasteiger partial charge < -0.3 is 0 Å². The van der Waals surface area contributed by atoms with Gasteiger partial charge in [-0.25, -0.2) is 0 Å². The van der Waals surface area contributed by atoms with Gasteiger partial charge in [-0.15, -0.1) is 0 Å². The normalized spacial score (nSPS) is 15.8. The third-order valence-corrected chi connectivity index (χ3v) is 1.76. The Kier molecular flexibility index (Phi) is 3.96. The van der Waals surface area contributed by atoms with Crippen LogP contribution in [-0.2, 0) is 0 Å². The monoisotopic (exact) mass is 303 g/mol. The molecule has 16 heavy (non-hydrogen) atoms. The molecule has 0 amide bonds. The summed E-state index contributed by atoms with van der Waals surface area (Å²) in [5.74, 6) is -13.8. The van der Waals surface area contributed by atoms with Crippen molar-refractivity contribution in [2.45, 2.75) is 24.1 Å². The summed E-state index contributed by atoms with van der Waals surface area (Å²) < 4.78 is 106. The van der Waals surface area contributed by atoms with Crippen LogP contribution in [0.2, 0.25) is 0 Å². The lowest BCUT2D eigenvalue weighted by molar-refractivity contribution is -0.406. The summed E-state index contributed by atoms with van der Waals surface area (Å²) in [6.07, 6.45) is -6.89. The topological polar surface area (TPSA) is 3.24 Å². The van der Waals surface area contributed by atoms with Gasteiger partial charge in [0.1, 0.15) is 0 Å². The molecule has 1 nitrogen and oxygen atoms in total. The maximum Gasteiger partial charge on any atom is 0.460 e. The van der Waals surface area contributed by atoms with E-state index in [-0.39, 0.29) is 0 Å². The van der Waals surface area contributed by atoms with E-state index in [0.717, 1.165) is 0 Å². The van der Waals surface area contributed by atoms with Crippen LogP contribution in [0.25, 0.3) is 0 Å². The number of hydrogen-bond acceptors (Lipinski definition) is 1. The second-order valence-corrected chi connectivity index (χ2v) is 3.27. The van der Waals surface area contributed by atoms with Crippen LogP contribution in [-0.4, -0.2) is 28.0 Å². The third kappa shape index (κ3) is 2.14. The van der Waals surface area contributed by atoms with Crippen molar-refractivity contribution in [3.63, 3.8) is 0 Å². The molecule has 0 N–H and O–H groups in total. The summed E-state index contributed by atoms with van der Waals surface area (Å²) >= 11 is 8.16. The van der Waals surface area contributed by atoms with Crippen molar-refractivity contribution < 1.29 is 39.5 Å². The lowest BCUT2D eigenvalue weighted by atomic mass is 10.1. The Hall–Kier alpha value is -0.0900. The molecule has 98 valence electrons. The standard InChI is InChI=1S/C4Cl2F9N/c5-16(6)4(14,15)2(9,10)1(7,8)3(11,12)13. The average molecular weight is 304 g/mol. The molecule has 0 rings (SSSR count). The molecule has 0 saturated heterocycles. The highest BCUT2D eigenvalue weighted by molar-refractivity contribution is 6.34. The number of alkyl halides is 9. The van der Waals surface area contributed by atoms with E-state index in [1.807, 2.05) is 0 Å². The molecule has 0 aromatic heterocycles. The Morgan fingerprint density at radius 3 is 1.12 bits per heavy atom. The summed E-state index contributed by atoms with van der Waals surface area (Å²) in [4.78, 5) is 0. The van der Waals surface area contributed by atoms with Gasteiger partial charge in [0.2, 0.25) is 0 Å². The third-order valence-electron chi connectivity index (χ3n) is 1.34. The highest BCUT2D eigenvalue weighted by atomic mass is 35.5. The molecule has 0 heterocycles. The maximum atomic E-state index is 12.3. The molecule has 0 fully saturated rings. The fourth-order valence-electron chi connectivity index (χ4n) is 0.473. The Morgan fingerprint density at radius 2 is 0.938 bits per heavy atom. The predicted octanol–water partition coefficient (Wildman–Crippen LogP) is 4.02. The Balaban J connectivity index is 5.53. The van der Waals surface area contributed by atoms with Crippen LogP contribution in [0.3, 0.4) is 0 Å². The maximum absolute atomic E-state index is 12.3. The largest absolute Gasteiger partial charge is 0.460 e. The van der Waals surface area contributed by atoms with Crippen LogP contribution in [0.1, 0.15) is 0 Å². The zero-order valence-electron chi connectivity index (χ0n) is 6.60. The van der Waals surface area contributed by atoms with Gasteiger partial charge in [0, 0.05) is 23.6 Å². The first kappa shape index (κ1) is 15.9. The molecule has 0 unspecified atom stereocenters. The van der Waals surface area contributed by atoms with Crippen LogP contribution in [0.4, 0.5) is 39.5 Å². The number of nitrogens with zero attached hydrogens (tertiary/aromatic N) is 1. The van der Waals surface area contributed by atoms with Crippen LogP contribution >= 0.6 is 23.6 Å². The SMILES string of the molecule is FC(F)(F)C(F)(F)C(F)(F)C(F)(F)N(Cl)Cl. The van der Waals surface area contributed by atoms with E-state index in [4.69, 9.17) is 0 Å². The van der Waals surface area contributed by atoms with Crippen molar-refractivity contribution in [2.75, 3.05) is 0 Å². The van der Waals surface area contributed by atoms with Gasteiger partial charge in [0.05, 0.1) is 0 Å². The van der Waals surface area contributed by atoms with E-state index < -0.39 is 28.0 Å². The number of halogens is 11. The summed E-state index contributed by atoms with van der Waals surface area (Å²) in [6, 6.07) is -6.10. The van der Waals surface area contributed by atoms with Crippen molar-refractivity contribution in [1.82, 2.24) is 3.94 Å². The van der Waals surface area contributed by atoms with Crippen molar-refractivity contribution in [2.24, 2.45) is 0 Å². The predicted molar refractivity (Wildman–Crippen MR) is 34.4 cm³/mol. The van der Waals surface area contributed by atoms with Crippen LogP contribution in [0.15, 0.2) is 0 Å². The molecule has 0 aromatic rings. The second-order valence-electron chi connectivity index (χ2n) is 2.42. The van der Waals surface area contributed by atoms with Crippen molar-refractivity contribution >= 4 is 23.6 Å². The highest BCUT2D eigenvalue weighted by Crippen LogP contribution is 2.54. The lowest BCUT2D eigenvalue weighted by Gasteiger charge is -2.34. The minimum atomic E-state index is -6.99. The molecular formula is C4Cl2F9N. The summed E-state index contributed by atoms with van der Waals surface area (Å²) in [6.45, 7) is 0. The molecule has 0 aromatic carbocycles. The van der Waals surface area contributed by atoms with E-state index in [0.29, 0.717) is 0 Å². The molecule has 0 aliphatic rings. The number of hydrogen-bond donors (Lipinski definition) is 0. The van der Waals surface area contributed by atoms with Gasteiger partial charge in [-0.2, -0.15) is 39.5 Å². The Morgan fingerprint density at radius 1 is 0.625 bits per heavy atom. The van der Waals surface area contributed by atoms with E-state index in [2.05, 4.69) is 23.6 Å². The van der Waals surface area contributed by atoms with Crippen LogP contribution in [0.5, 0.6) is 0 Å². The first-order valence-corrected chi connectivity index (χ1v) is 3.69. The zero-order valence-corrected chi connectivity index (χ0v) is 8.12. The fourth-order valence-corrected chi connectivity index (χ4v) is 0.685. The average Bonchev–Trinajstić information content (AvgIpc) is 2.00. The molecule has 0 saturated carbocycles. The summed E-state index contributed by atoms with van der Waals surface area (Å²) in [5, 5.41) is 0. The smallest absolute Gasteiger partial charge is 0.191 e. The van der Waals surface area contributed by atoms with Gasteiger partial charge >= 0.3 is 24.1 Å². The Labute approximate surface area is 91.9 Å². The van der Waals surface area contributed by atoms with Crippen molar-refractivity contribution in [1.29, 1.82) is 0 Å². The van der Waals surface area contributed by atoms with E-state index >= 15 is 0 Å². The minimum Gasteiger partial charge on any atom is -0.191 e. The highest BCUT2D eigenvalue weighted by Gasteiger charge is 2.83. The van der Waals surface area contributed by atoms with E-state index in [1.54, 1.807) is 0 Å². The van der Waals surface area contributed by atoms with Gasteiger partial charge in [0.15, 0.2) is 0 Å². The quantitative estimate of drug-likeness (QED) is 0.432. The molecule has 0 bridgehead atoms. The molecule has 0 aliphatic carbocycles. The van der Waals surface area contributed by atoms with E-state index in [1.165, 1.54) is 0 Å². The molecule has 0 atom stereocenters. The summed E-state index contributed by atoms with van der Waals surface area (Å²) in [7, 11) is 0. The van der Waals surface area contributed by atoms with Crippen LogP contribution in [0, 0.1) is 0 Å². The van der Waals surface area contributed by atoms with Crippen molar-refractivity contribution in [3.05, 3.63) is 0 Å². The van der Waals surface area contributed by atoms with Crippen LogP contribution < -0.4 is 0 Å². The Bertz CT molecular complexity index is 259. The second kappa shape index (κ2) is 3.98. The lowest BCUT2D eigenvalue weighted by Crippen LogP contribution is -2.63. The first-order valence-electron chi connectivity index (χ1n) is 3.01.